The van der Waals surface area contributed by atoms with Crippen molar-refractivity contribution in [3.05, 3.63) is 0 Å². The van der Waals surface area contributed by atoms with E-state index in [9.17, 15) is 20.1 Å². The zero-order chi connectivity index (χ0) is 11.6. The molecular weight excluding hydrogens is 196 g/mol. The normalized spacial score (nSPS) is 52.1. The van der Waals surface area contributed by atoms with Crippen LogP contribution in [-0.4, -0.2) is 28.4 Å². The Morgan fingerprint density at radius 3 is 2.00 bits per heavy atom. The summed E-state index contributed by atoms with van der Waals surface area (Å²) in [6, 6.07) is 0. The van der Waals surface area contributed by atoms with E-state index in [4.69, 9.17) is 0 Å². The zero-order valence-electron chi connectivity index (χ0n) is 9.28. The minimum atomic E-state index is -1.29. The predicted molar refractivity (Wildman–Crippen MR) is 50.6 cm³/mol. The summed E-state index contributed by atoms with van der Waals surface area (Å²) in [6.07, 6.45) is -1.18. The molecule has 0 aromatic rings. The van der Waals surface area contributed by atoms with Gasteiger partial charge >= 0.3 is 0 Å². The van der Waals surface area contributed by atoms with Crippen LogP contribution in [0.4, 0.5) is 0 Å². The molecule has 2 bridgehead atoms. The number of carboxylic acid groups (broad SMARTS) is 1. The van der Waals surface area contributed by atoms with Gasteiger partial charge in [0.05, 0.1) is 18.2 Å². The molecule has 4 unspecified atom stereocenters. The number of aliphatic carboxylic acids is 1. The molecule has 86 valence electrons. The molecule has 2 rings (SSSR count). The van der Waals surface area contributed by atoms with Crippen LogP contribution in [0.2, 0.25) is 0 Å². The molecule has 2 aliphatic rings. The van der Waals surface area contributed by atoms with Crippen LogP contribution >= 0.6 is 0 Å². The summed E-state index contributed by atoms with van der Waals surface area (Å²) in [5, 5.41) is 31.2. The van der Waals surface area contributed by atoms with Crippen molar-refractivity contribution in [2.24, 2.45) is 16.2 Å². The number of carbonyl (C=O) groups is 1. The average molecular weight is 213 g/mol. The first-order chi connectivity index (χ1) is 6.72. The fraction of sp³-hybridized carbons (Fsp3) is 0.909. The van der Waals surface area contributed by atoms with Crippen LogP contribution in [0.25, 0.3) is 0 Å². The van der Waals surface area contributed by atoms with Crippen molar-refractivity contribution < 1.29 is 20.1 Å². The molecule has 0 spiro atoms. The average Bonchev–Trinajstić information content (AvgIpc) is 2.39. The van der Waals surface area contributed by atoms with Crippen molar-refractivity contribution in [2.75, 3.05) is 0 Å². The molecule has 15 heavy (non-hydrogen) atoms. The van der Waals surface area contributed by atoms with Gasteiger partial charge in [-0.2, -0.15) is 0 Å². The van der Waals surface area contributed by atoms with E-state index >= 15 is 0 Å². The van der Waals surface area contributed by atoms with E-state index in [0.29, 0.717) is 12.8 Å². The van der Waals surface area contributed by atoms with Gasteiger partial charge in [0.25, 0.3) is 0 Å². The lowest BCUT2D eigenvalue weighted by atomic mass is 9.64. The number of fused-ring (bicyclic) bond motifs is 2. The Kier molecular flexibility index (Phi) is 1.85. The van der Waals surface area contributed by atoms with Crippen LogP contribution in [0, 0.1) is 16.2 Å². The van der Waals surface area contributed by atoms with Gasteiger partial charge in [0.2, 0.25) is 0 Å². The Morgan fingerprint density at radius 1 is 1.20 bits per heavy atom. The number of carboxylic acids is 1. The highest BCUT2D eigenvalue weighted by Crippen LogP contribution is 2.71. The Balaban J connectivity index is 2.62. The Labute approximate surface area is 88.9 Å². The number of rotatable bonds is 1. The Bertz CT molecular complexity index is 325. The van der Waals surface area contributed by atoms with Crippen LogP contribution < -0.4 is 5.11 Å². The Morgan fingerprint density at radius 2 is 1.73 bits per heavy atom. The summed E-state index contributed by atoms with van der Waals surface area (Å²) in [4.78, 5) is 11.3. The number of hydrogen-bond donors (Lipinski definition) is 2. The quantitative estimate of drug-likeness (QED) is 0.602. The third-order valence-electron chi connectivity index (χ3n) is 5.40. The summed E-state index contributed by atoms with van der Waals surface area (Å²) >= 11 is 0. The third kappa shape index (κ3) is 0.807. The number of carbonyl (C=O) groups excluding carboxylic acids is 1. The first-order valence-electron chi connectivity index (χ1n) is 5.29. The molecule has 0 aromatic heterocycles. The topological polar surface area (TPSA) is 80.6 Å². The minimum Gasteiger partial charge on any atom is -0.549 e. The number of aliphatic hydroxyl groups excluding tert-OH is 2. The highest BCUT2D eigenvalue weighted by Gasteiger charge is 2.74. The zero-order valence-corrected chi connectivity index (χ0v) is 9.28. The van der Waals surface area contributed by atoms with Gasteiger partial charge in [-0.3, -0.25) is 0 Å². The molecule has 2 saturated carbocycles. The highest BCUT2D eigenvalue weighted by molar-refractivity contribution is 5.77. The maximum Gasteiger partial charge on any atom is 0.0918 e. The molecule has 0 aromatic carbocycles. The molecule has 0 saturated heterocycles. The van der Waals surface area contributed by atoms with E-state index in [0.717, 1.165) is 0 Å². The second kappa shape index (κ2) is 2.55. The lowest BCUT2D eigenvalue weighted by Gasteiger charge is -2.42. The molecule has 4 nitrogen and oxygen atoms in total. The summed E-state index contributed by atoms with van der Waals surface area (Å²) in [5.74, 6) is -1.24. The molecule has 4 atom stereocenters. The van der Waals surface area contributed by atoms with E-state index < -0.39 is 34.4 Å². The van der Waals surface area contributed by atoms with Gasteiger partial charge in [-0.05, 0) is 18.3 Å². The fourth-order valence-electron chi connectivity index (χ4n) is 3.72. The van der Waals surface area contributed by atoms with Crippen molar-refractivity contribution in [3.8, 4) is 0 Å². The first-order valence-corrected chi connectivity index (χ1v) is 5.29. The number of hydrogen-bond acceptors (Lipinski definition) is 4. The Hall–Kier alpha value is -0.610. The summed E-state index contributed by atoms with van der Waals surface area (Å²) in [5.41, 5.74) is -2.47. The van der Waals surface area contributed by atoms with Gasteiger partial charge < -0.3 is 20.1 Å². The number of aliphatic hydroxyl groups is 2. The van der Waals surface area contributed by atoms with Crippen LogP contribution in [0.5, 0.6) is 0 Å². The van der Waals surface area contributed by atoms with E-state index in [1.54, 1.807) is 13.8 Å². The standard InChI is InChI=1S/C11H18O4/c1-9(2)10(3)4-5-11(9,8(14)15)7(13)6(10)12/h6-7,12-13H,4-5H2,1-3H3,(H,14,15)/p-1. The second-order valence-electron chi connectivity index (χ2n) is 5.69. The molecule has 0 amide bonds. The van der Waals surface area contributed by atoms with Gasteiger partial charge in [-0.15, -0.1) is 0 Å². The van der Waals surface area contributed by atoms with E-state index in [1.807, 2.05) is 6.92 Å². The smallest absolute Gasteiger partial charge is 0.0918 e. The minimum absolute atomic E-state index is 0.386. The lowest BCUT2D eigenvalue weighted by molar-refractivity contribution is -0.328. The van der Waals surface area contributed by atoms with Crippen molar-refractivity contribution in [3.63, 3.8) is 0 Å². The van der Waals surface area contributed by atoms with E-state index in [-0.39, 0.29) is 0 Å². The van der Waals surface area contributed by atoms with Crippen LogP contribution in [0.1, 0.15) is 33.6 Å². The van der Waals surface area contributed by atoms with E-state index in [1.165, 1.54) is 0 Å². The van der Waals surface area contributed by atoms with Crippen molar-refractivity contribution in [1.82, 2.24) is 0 Å². The highest BCUT2D eigenvalue weighted by atomic mass is 16.4. The van der Waals surface area contributed by atoms with E-state index in [2.05, 4.69) is 0 Å². The van der Waals surface area contributed by atoms with Crippen molar-refractivity contribution >= 4 is 5.97 Å². The first kappa shape index (κ1) is 10.9. The maximum absolute atomic E-state index is 11.3. The van der Waals surface area contributed by atoms with Crippen LogP contribution in [0.3, 0.4) is 0 Å². The molecule has 2 aliphatic carbocycles. The molecule has 2 N–H and O–H groups in total. The summed E-state index contributed by atoms with van der Waals surface area (Å²) < 4.78 is 0. The molecule has 4 heteroatoms. The third-order valence-corrected chi connectivity index (χ3v) is 5.40. The molecular formula is C11H17O4-. The maximum atomic E-state index is 11.3. The van der Waals surface area contributed by atoms with Crippen LogP contribution in [0.15, 0.2) is 0 Å². The molecule has 2 fully saturated rings. The van der Waals surface area contributed by atoms with Gasteiger partial charge in [0, 0.05) is 10.8 Å². The lowest BCUT2D eigenvalue weighted by Crippen LogP contribution is -2.54. The fourth-order valence-corrected chi connectivity index (χ4v) is 3.72. The van der Waals surface area contributed by atoms with Gasteiger partial charge in [-0.25, -0.2) is 0 Å². The molecule has 0 aliphatic heterocycles. The van der Waals surface area contributed by atoms with Gasteiger partial charge in [-0.1, -0.05) is 20.8 Å². The molecule has 0 heterocycles. The second-order valence-corrected chi connectivity index (χ2v) is 5.69. The predicted octanol–water partition coefficient (Wildman–Crippen LogP) is -0.716. The van der Waals surface area contributed by atoms with Gasteiger partial charge in [0.1, 0.15) is 0 Å². The van der Waals surface area contributed by atoms with Gasteiger partial charge in [0.15, 0.2) is 0 Å². The van der Waals surface area contributed by atoms with Crippen molar-refractivity contribution in [1.29, 1.82) is 0 Å². The van der Waals surface area contributed by atoms with Crippen molar-refractivity contribution in [2.45, 2.75) is 45.8 Å². The molecule has 0 radical (unpaired) electrons. The monoisotopic (exact) mass is 213 g/mol. The SMILES string of the molecule is CC12CCC(C(=O)[O-])(C(O)C1O)C2(C)C. The largest absolute Gasteiger partial charge is 0.549 e. The van der Waals surface area contributed by atoms with Crippen LogP contribution in [-0.2, 0) is 4.79 Å². The summed E-state index contributed by atoms with van der Waals surface area (Å²) in [7, 11) is 0. The summed E-state index contributed by atoms with van der Waals surface area (Å²) in [6.45, 7) is 5.45.